The van der Waals surface area contributed by atoms with Crippen molar-refractivity contribution in [2.24, 2.45) is 0 Å². The van der Waals surface area contributed by atoms with Crippen LogP contribution in [0.15, 0.2) is 22.7 Å². The van der Waals surface area contributed by atoms with Crippen LogP contribution in [0.25, 0.3) is 11.4 Å². The van der Waals surface area contributed by atoms with Crippen LogP contribution in [0.1, 0.15) is 12.5 Å². The predicted molar refractivity (Wildman–Crippen MR) is 83.9 cm³/mol. The van der Waals surface area contributed by atoms with Crippen LogP contribution in [0.5, 0.6) is 0 Å². The van der Waals surface area contributed by atoms with Crippen molar-refractivity contribution in [3.05, 3.63) is 28.2 Å². The first-order chi connectivity index (χ1) is 9.65. The maximum atomic E-state index is 4.65. The van der Waals surface area contributed by atoms with Gasteiger partial charge >= 0.3 is 0 Å². The molecule has 1 aliphatic heterocycles. The second kappa shape index (κ2) is 5.54. The highest BCUT2D eigenvalue weighted by atomic mass is 79.9. The molecule has 1 aromatic heterocycles. The molecule has 1 saturated heterocycles. The predicted octanol–water partition coefficient (Wildman–Crippen LogP) is 2.34. The zero-order valence-corrected chi connectivity index (χ0v) is 13.2. The number of anilines is 1. The minimum Gasteiger partial charge on any atom is -0.337 e. The van der Waals surface area contributed by atoms with Gasteiger partial charge in [0.15, 0.2) is 5.82 Å². The van der Waals surface area contributed by atoms with E-state index in [1.165, 1.54) is 5.56 Å². The first-order valence-electron chi connectivity index (χ1n) is 6.81. The standard InChI is InChI=1S/C14H18BrN5/c1-9-8-20(7-6-16-9)14-17-13(18-19-14)11-4-3-5-12(15)10(11)2/h3-5,9,16H,6-8H2,1-2H3,(H,17,18,19)/t9-/m1/s1. The van der Waals surface area contributed by atoms with Gasteiger partial charge in [-0.1, -0.05) is 28.1 Å². The number of H-pyrrole nitrogens is 1. The van der Waals surface area contributed by atoms with Gasteiger partial charge < -0.3 is 10.2 Å². The summed E-state index contributed by atoms with van der Waals surface area (Å²) in [6.45, 7) is 7.11. The molecule has 20 heavy (non-hydrogen) atoms. The second-order valence-electron chi connectivity index (χ2n) is 5.20. The fourth-order valence-corrected chi connectivity index (χ4v) is 2.86. The molecule has 2 N–H and O–H groups in total. The van der Waals surface area contributed by atoms with Crippen LogP contribution in [0.2, 0.25) is 0 Å². The Balaban J connectivity index is 1.88. The molecular weight excluding hydrogens is 318 g/mol. The van der Waals surface area contributed by atoms with Gasteiger partial charge in [-0.25, -0.2) is 0 Å². The summed E-state index contributed by atoms with van der Waals surface area (Å²) in [4.78, 5) is 6.87. The molecule has 0 amide bonds. The van der Waals surface area contributed by atoms with Crippen molar-refractivity contribution < 1.29 is 0 Å². The zero-order chi connectivity index (χ0) is 14.1. The summed E-state index contributed by atoms with van der Waals surface area (Å²) in [5.41, 5.74) is 2.25. The maximum Gasteiger partial charge on any atom is 0.245 e. The van der Waals surface area contributed by atoms with Crippen molar-refractivity contribution in [1.29, 1.82) is 0 Å². The third kappa shape index (κ3) is 2.58. The van der Waals surface area contributed by atoms with E-state index < -0.39 is 0 Å². The zero-order valence-electron chi connectivity index (χ0n) is 11.7. The summed E-state index contributed by atoms with van der Waals surface area (Å²) in [6, 6.07) is 6.58. The molecule has 1 atom stereocenters. The van der Waals surface area contributed by atoms with E-state index in [9.17, 15) is 0 Å². The molecule has 2 heterocycles. The highest BCUT2D eigenvalue weighted by Gasteiger charge is 2.20. The largest absolute Gasteiger partial charge is 0.337 e. The number of nitrogens with one attached hydrogen (secondary N) is 2. The molecule has 0 bridgehead atoms. The molecule has 6 heteroatoms. The Bertz CT molecular complexity index is 609. The van der Waals surface area contributed by atoms with Crippen molar-refractivity contribution in [3.63, 3.8) is 0 Å². The molecule has 0 radical (unpaired) electrons. The molecule has 106 valence electrons. The summed E-state index contributed by atoms with van der Waals surface area (Å²) < 4.78 is 1.09. The van der Waals surface area contributed by atoms with Gasteiger partial charge in [-0.05, 0) is 25.5 Å². The van der Waals surface area contributed by atoms with Gasteiger partial charge in [0, 0.05) is 35.7 Å². The fraction of sp³-hybridized carbons (Fsp3) is 0.429. The summed E-state index contributed by atoms with van der Waals surface area (Å²) in [5, 5.41) is 10.8. The topological polar surface area (TPSA) is 56.8 Å². The average molecular weight is 336 g/mol. The van der Waals surface area contributed by atoms with Crippen molar-refractivity contribution in [1.82, 2.24) is 20.5 Å². The number of hydrogen-bond acceptors (Lipinski definition) is 4. The van der Waals surface area contributed by atoms with Crippen LogP contribution in [0.3, 0.4) is 0 Å². The van der Waals surface area contributed by atoms with Crippen LogP contribution in [-0.2, 0) is 0 Å². The number of piperazine rings is 1. The summed E-state index contributed by atoms with van der Waals surface area (Å²) >= 11 is 3.55. The lowest BCUT2D eigenvalue weighted by molar-refractivity contribution is 0.480. The molecule has 3 rings (SSSR count). The van der Waals surface area contributed by atoms with Gasteiger partial charge in [0.1, 0.15) is 0 Å². The Hall–Kier alpha value is -1.40. The van der Waals surface area contributed by atoms with Crippen molar-refractivity contribution in [2.45, 2.75) is 19.9 Å². The molecule has 1 fully saturated rings. The minimum atomic E-state index is 0.471. The number of aromatic nitrogens is 3. The first-order valence-corrected chi connectivity index (χ1v) is 7.60. The Kier molecular flexibility index (Phi) is 3.76. The van der Waals surface area contributed by atoms with E-state index in [0.29, 0.717) is 6.04 Å². The van der Waals surface area contributed by atoms with Crippen LogP contribution in [0, 0.1) is 6.92 Å². The van der Waals surface area contributed by atoms with E-state index in [-0.39, 0.29) is 0 Å². The van der Waals surface area contributed by atoms with Crippen molar-refractivity contribution >= 4 is 21.9 Å². The Morgan fingerprint density at radius 1 is 1.40 bits per heavy atom. The quantitative estimate of drug-likeness (QED) is 0.884. The molecule has 1 aromatic carbocycles. The van der Waals surface area contributed by atoms with Gasteiger partial charge in [-0.15, -0.1) is 5.10 Å². The van der Waals surface area contributed by atoms with Crippen LogP contribution >= 0.6 is 15.9 Å². The fourth-order valence-electron chi connectivity index (χ4n) is 2.49. The van der Waals surface area contributed by atoms with E-state index in [1.807, 2.05) is 12.1 Å². The molecule has 0 saturated carbocycles. The monoisotopic (exact) mass is 335 g/mol. The molecule has 0 spiro atoms. The number of halogens is 1. The third-order valence-electron chi connectivity index (χ3n) is 3.65. The van der Waals surface area contributed by atoms with Crippen molar-refractivity contribution in [2.75, 3.05) is 24.5 Å². The highest BCUT2D eigenvalue weighted by Crippen LogP contribution is 2.27. The lowest BCUT2D eigenvalue weighted by atomic mass is 10.1. The molecular formula is C14H18BrN5. The lowest BCUT2D eigenvalue weighted by Crippen LogP contribution is -2.49. The molecule has 1 aliphatic rings. The normalized spacial score (nSPS) is 19.4. The maximum absolute atomic E-state index is 4.65. The number of benzene rings is 1. The van der Waals surface area contributed by atoms with Crippen LogP contribution in [0.4, 0.5) is 5.95 Å². The van der Waals surface area contributed by atoms with Crippen LogP contribution < -0.4 is 10.2 Å². The van der Waals surface area contributed by atoms with Crippen molar-refractivity contribution in [3.8, 4) is 11.4 Å². The summed E-state index contributed by atoms with van der Waals surface area (Å²) in [5.74, 6) is 1.61. The molecule has 0 aliphatic carbocycles. The van der Waals surface area contributed by atoms with Gasteiger partial charge in [0.05, 0.1) is 0 Å². The molecule has 5 nitrogen and oxygen atoms in total. The van der Waals surface area contributed by atoms with E-state index in [1.54, 1.807) is 0 Å². The Morgan fingerprint density at radius 3 is 3.05 bits per heavy atom. The third-order valence-corrected chi connectivity index (χ3v) is 4.51. The second-order valence-corrected chi connectivity index (χ2v) is 6.05. The Morgan fingerprint density at radius 2 is 2.25 bits per heavy atom. The van der Waals surface area contributed by atoms with Gasteiger partial charge in [-0.3, -0.25) is 5.10 Å². The summed E-state index contributed by atoms with van der Waals surface area (Å²) in [7, 11) is 0. The number of nitrogens with zero attached hydrogens (tertiary/aromatic N) is 3. The number of rotatable bonds is 2. The lowest BCUT2D eigenvalue weighted by Gasteiger charge is -2.30. The molecule has 0 unspecified atom stereocenters. The SMILES string of the molecule is Cc1c(Br)cccc1-c1nc(N2CCN[C@H](C)C2)n[nH]1. The van der Waals surface area contributed by atoms with Crippen LogP contribution in [-0.4, -0.2) is 40.9 Å². The van der Waals surface area contributed by atoms with Gasteiger partial charge in [-0.2, -0.15) is 4.98 Å². The Labute approximate surface area is 126 Å². The van der Waals surface area contributed by atoms with E-state index in [0.717, 1.165) is 41.4 Å². The number of hydrogen-bond donors (Lipinski definition) is 2. The minimum absolute atomic E-state index is 0.471. The van der Waals surface area contributed by atoms with E-state index in [4.69, 9.17) is 0 Å². The van der Waals surface area contributed by atoms with E-state index in [2.05, 4.69) is 61.2 Å². The van der Waals surface area contributed by atoms with Gasteiger partial charge in [0.2, 0.25) is 5.95 Å². The number of aromatic amines is 1. The first kappa shape index (κ1) is 13.6. The average Bonchev–Trinajstić information content (AvgIpc) is 2.91. The van der Waals surface area contributed by atoms with Gasteiger partial charge in [0.25, 0.3) is 0 Å². The molecule has 2 aromatic rings. The highest BCUT2D eigenvalue weighted by molar-refractivity contribution is 9.10. The smallest absolute Gasteiger partial charge is 0.245 e. The summed E-state index contributed by atoms with van der Waals surface area (Å²) in [6.07, 6.45) is 0. The van der Waals surface area contributed by atoms with E-state index >= 15 is 0 Å².